The number of nitrogens with zero attached hydrogens (tertiary/aromatic N) is 1. The molecule has 112 valence electrons. The molecule has 0 saturated carbocycles. The fourth-order valence-corrected chi connectivity index (χ4v) is 5.70. The minimum absolute atomic E-state index is 0.443. The molecule has 1 aromatic carbocycles. The first kappa shape index (κ1) is 14.7. The van der Waals surface area contributed by atoms with E-state index in [1.807, 2.05) is 38.2 Å². The van der Waals surface area contributed by atoms with Crippen LogP contribution in [0.3, 0.4) is 0 Å². The number of hydrogen-bond donors (Lipinski definition) is 1. The van der Waals surface area contributed by atoms with Crippen LogP contribution in [-0.2, 0) is 29.7 Å². The lowest BCUT2D eigenvalue weighted by Gasteiger charge is -2.13. The van der Waals surface area contributed by atoms with Gasteiger partial charge in [-0.1, -0.05) is 24.3 Å². The van der Waals surface area contributed by atoms with Crippen LogP contribution in [0.2, 0.25) is 0 Å². The van der Waals surface area contributed by atoms with Crippen LogP contribution in [0, 0.1) is 6.92 Å². The van der Waals surface area contributed by atoms with Crippen molar-refractivity contribution in [3.8, 4) is 0 Å². The molecular formula is C15H18N2O2S2. The van der Waals surface area contributed by atoms with Crippen LogP contribution >= 0.6 is 11.3 Å². The second kappa shape index (κ2) is 5.53. The number of aryl methyl sites for hydroxylation is 1. The highest BCUT2D eigenvalue weighted by molar-refractivity contribution is 7.91. The number of rotatable bonds is 4. The van der Waals surface area contributed by atoms with Gasteiger partial charge in [-0.05, 0) is 36.7 Å². The summed E-state index contributed by atoms with van der Waals surface area (Å²) in [6.07, 6.45) is 0. The molecule has 0 unspecified atom stereocenters. The molecule has 0 radical (unpaired) electrons. The second-order valence-corrected chi connectivity index (χ2v) is 8.55. The summed E-state index contributed by atoms with van der Waals surface area (Å²) >= 11 is 1.36. The van der Waals surface area contributed by atoms with Crippen LogP contribution in [-0.4, -0.2) is 19.8 Å². The van der Waals surface area contributed by atoms with Crippen LogP contribution in [0.15, 0.2) is 34.5 Å². The Labute approximate surface area is 129 Å². The van der Waals surface area contributed by atoms with E-state index >= 15 is 0 Å². The number of sulfonamides is 1. The second-order valence-electron chi connectivity index (χ2n) is 5.24. The predicted molar refractivity (Wildman–Crippen MR) is 84.7 cm³/mol. The predicted octanol–water partition coefficient (Wildman–Crippen LogP) is 2.48. The molecule has 1 aliphatic heterocycles. The fourth-order valence-electron chi connectivity index (χ4n) is 2.55. The number of hydrogen-bond acceptors (Lipinski definition) is 4. The summed E-state index contributed by atoms with van der Waals surface area (Å²) in [4.78, 5) is 1.08. The third kappa shape index (κ3) is 2.64. The molecule has 21 heavy (non-hydrogen) atoms. The van der Waals surface area contributed by atoms with Crippen molar-refractivity contribution < 1.29 is 8.42 Å². The maximum Gasteiger partial charge on any atom is 0.253 e. The molecule has 0 aliphatic carbocycles. The minimum Gasteiger partial charge on any atom is -0.315 e. The van der Waals surface area contributed by atoms with Crippen LogP contribution < -0.4 is 5.32 Å². The zero-order valence-corrected chi connectivity index (χ0v) is 13.7. The molecule has 0 fully saturated rings. The zero-order valence-electron chi connectivity index (χ0n) is 12.1. The first-order chi connectivity index (χ1) is 10.0. The Hall–Kier alpha value is -1.21. The molecule has 4 nitrogen and oxygen atoms in total. The largest absolute Gasteiger partial charge is 0.315 e. The standard InChI is InChI=1S/C15H18N2O2S2/c1-11-7-15(20-14(11)8-16-2)21(18,19)17-9-12-5-3-4-6-13(12)10-17/h3-7,16H,8-10H2,1-2H3. The van der Waals surface area contributed by atoms with Gasteiger partial charge in [0, 0.05) is 24.5 Å². The minimum atomic E-state index is -3.40. The highest BCUT2D eigenvalue weighted by Crippen LogP contribution is 2.33. The van der Waals surface area contributed by atoms with Gasteiger partial charge in [0.25, 0.3) is 10.0 Å². The van der Waals surface area contributed by atoms with E-state index < -0.39 is 10.0 Å². The number of fused-ring (bicyclic) bond motifs is 1. The van der Waals surface area contributed by atoms with Gasteiger partial charge in [0.2, 0.25) is 0 Å². The van der Waals surface area contributed by atoms with Gasteiger partial charge in [0.15, 0.2) is 0 Å². The van der Waals surface area contributed by atoms with Crippen LogP contribution in [0.4, 0.5) is 0 Å². The van der Waals surface area contributed by atoms with Crippen LogP contribution in [0.25, 0.3) is 0 Å². The fraction of sp³-hybridized carbons (Fsp3) is 0.333. The molecule has 2 aromatic rings. The van der Waals surface area contributed by atoms with E-state index in [1.165, 1.54) is 11.3 Å². The molecule has 2 heterocycles. The molecule has 1 N–H and O–H groups in total. The van der Waals surface area contributed by atoms with Crippen LogP contribution in [0.1, 0.15) is 21.6 Å². The van der Waals surface area contributed by atoms with Crippen molar-refractivity contribution in [3.63, 3.8) is 0 Å². The molecule has 3 rings (SSSR count). The first-order valence-corrected chi connectivity index (χ1v) is 9.09. The highest BCUT2D eigenvalue weighted by Gasteiger charge is 2.31. The quantitative estimate of drug-likeness (QED) is 0.941. The van der Waals surface area contributed by atoms with Gasteiger partial charge in [-0.25, -0.2) is 8.42 Å². The maximum atomic E-state index is 12.8. The molecule has 0 saturated heterocycles. The zero-order chi connectivity index (χ0) is 15.0. The lowest BCUT2D eigenvalue weighted by Crippen LogP contribution is -2.24. The summed E-state index contributed by atoms with van der Waals surface area (Å²) in [5, 5.41) is 3.08. The SMILES string of the molecule is CNCc1sc(S(=O)(=O)N2Cc3ccccc3C2)cc1C. The average molecular weight is 322 g/mol. The third-order valence-corrected chi connectivity index (χ3v) is 7.22. The number of nitrogens with one attached hydrogen (secondary N) is 1. The normalized spacial score (nSPS) is 15.3. The van der Waals surface area contributed by atoms with Gasteiger partial charge in [-0.3, -0.25) is 0 Å². The van der Waals surface area contributed by atoms with Crippen molar-refractivity contribution in [1.29, 1.82) is 0 Å². The van der Waals surface area contributed by atoms with Gasteiger partial charge in [0.1, 0.15) is 4.21 Å². The van der Waals surface area contributed by atoms with E-state index in [0.717, 1.165) is 21.6 Å². The van der Waals surface area contributed by atoms with E-state index in [0.29, 0.717) is 23.8 Å². The Morgan fingerprint density at radius 2 is 1.86 bits per heavy atom. The summed E-state index contributed by atoms with van der Waals surface area (Å²) in [5.74, 6) is 0. The smallest absolute Gasteiger partial charge is 0.253 e. The van der Waals surface area contributed by atoms with Crippen molar-refractivity contribution in [2.45, 2.75) is 30.8 Å². The summed E-state index contributed by atoms with van der Waals surface area (Å²) in [6.45, 7) is 3.60. The summed E-state index contributed by atoms with van der Waals surface area (Å²) < 4.78 is 27.6. The maximum absolute atomic E-state index is 12.8. The molecule has 0 amide bonds. The van der Waals surface area contributed by atoms with Crippen molar-refractivity contribution in [1.82, 2.24) is 9.62 Å². The van der Waals surface area contributed by atoms with Gasteiger partial charge >= 0.3 is 0 Å². The van der Waals surface area contributed by atoms with Gasteiger partial charge in [-0.15, -0.1) is 11.3 Å². The molecule has 6 heteroatoms. The Bertz CT molecular complexity index is 741. The Morgan fingerprint density at radius 3 is 2.43 bits per heavy atom. The molecular weight excluding hydrogens is 304 g/mol. The molecule has 0 atom stereocenters. The molecule has 0 spiro atoms. The topological polar surface area (TPSA) is 49.4 Å². The Morgan fingerprint density at radius 1 is 1.24 bits per heavy atom. The van der Waals surface area contributed by atoms with Gasteiger partial charge in [0.05, 0.1) is 0 Å². The molecule has 0 bridgehead atoms. The summed E-state index contributed by atoms with van der Waals surface area (Å²) in [6, 6.07) is 9.69. The number of benzene rings is 1. The molecule has 1 aliphatic rings. The van der Waals surface area contributed by atoms with E-state index in [9.17, 15) is 8.42 Å². The molecule has 1 aromatic heterocycles. The lowest BCUT2D eigenvalue weighted by atomic mass is 10.1. The van der Waals surface area contributed by atoms with Crippen molar-refractivity contribution in [3.05, 3.63) is 51.9 Å². The van der Waals surface area contributed by atoms with Gasteiger partial charge in [-0.2, -0.15) is 4.31 Å². The van der Waals surface area contributed by atoms with E-state index in [2.05, 4.69) is 5.32 Å². The Balaban J connectivity index is 1.90. The number of thiophene rings is 1. The van der Waals surface area contributed by atoms with Crippen molar-refractivity contribution >= 4 is 21.4 Å². The monoisotopic (exact) mass is 322 g/mol. The van der Waals surface area contributed by atoms with E-state index in [1.54, 1.807) is 10.4 Å². The van der Waals surface area contributed by atoms with E-state index in [4.69, 9.17) is 0 Å². The van der Waals surface area contributed by atoms with Crippen molar-refractivity contribution in [2.24, 2.45) is 0 Å². The average Bonchev–Trinajstić information content (AvgIpc) is 3.04. The highest BCUT2D eigenvalue weighted by atomic mass is 32.2. The third-order valence-electron chi connectivity index (χ3n) is 3.74. The first-order valence-electron chi connectivity index (χ1n) is 6.83. The van der Waals surface area contributed by atoms with E-state index in [-0.39, 0.29) is 0 Å². The summed E-state index contributed by atoms with van der Waals surface area (Å²) in [5.41, 5.74) is 3.24. The Kier molecular flexibility index (Phi) is 3.88. The summed E-state index contributed by atoms with van der Waals surface area (Å²) in [7, 11) is -1.54. The van der Waals surface area contributed by atoms with Crippen LogP contribution in [0.5, 0.6) is 0 Å². The lowest BCUT2D eigenvalue weighted by molar-refractivity contribution is 0.433. The van der Waals surface area contributed by atoms with Crippen molar-refractivity contribution in [2.75, 3.05) is 7.05 Å². The van der Waals surface area contributed by atoms with Gasteiger partial charge < -0.3 is 5.32 Å².